The van der Waals surface area contributed by atoms with Crippen LogP contribution in [0.3, 0.4) is 0 Å². The number of aromatic hydroxyl groups is 1. The van der Waals surface area contributed by atoms with Crippen molar-refractivity contribution in [2.45, 2.75) is 138 Å². The minimum Gasteiger partial charge on any atom is -0.508 e. The molecule has 3 aliphatic rings. The van der Waals surface area contributed by atoms with Crippen LogP contribution in [0.4, 0.5) is 0 Å². The van der Waals surface area contributed by atoms with E-state index in [0.717, 1.165) is 83.0 Å². The zero-order valence-electron chi connectivity index (χ0n) is 50.5. The maximum Gasteiger partial charge on any atom is 0.251 e. The number of benzene rings is 4. The van der Waals surface area contributed by atoms with Crippen molar-refractivity contribution in [2.24, 2.45) is 5.92 Å². The Morgan fingerprint density at radius 3 is 1.81 bits per heavy atom. The summed E-state index contributed by atoms with van der Waals surface area (Å²) in [4.78, 5) is 104. The maximum atomic E-state index is 14.8. The molecule has 0 radical (unpaired) electrons. The molecule has 3 aliphatic heterocycles. The zero-order chi connectivity index (χ0) is 65.3. The van der Waals surface area contributed by atoms with E-state index >= 15 is 0 Å². The van der Waals surface area contributed by atoms with E-state index in [2.05, 4.69) is 44.7 Å². The SMILES string of the molecule is C#CC1CN2C(=O)C(C(C)O)NC(=O)C(C(O)C(O)c3ccc(O)cc3)NC(=O)C3CC(O)CN3C(=O)C(C(C)O)NC(=O)C(NC(=O)c3ccc(-c4ccc(-c5ccc(OCCCCC)cc5)cc4)cc3)CC(O)C(NCCOCCOC)NC(=O)C2C1O. The van der Waals surface area contributed by atoms with Crippen LogP contribution < -0.4 is 36.6 Å². The number of aliphatic hydroxyl groups excluding tert-OH is 7. The summed E-state index contributed by atoms with van der Waals surface area (Å²) in [7, 11) is 1.46. The largest absolute Gasteiger partial charge is 0.508 e. The third kappa shape index (κ3) is 17.7. The smallest absolute Gasteiger partial charge is 0.251 e. The quantitative estimate of drug-likeness (QED) is 0.0349. The molecule has 90 heavy (non-hydrogen) atoms. The van der Waals surface area contributed by atoms with Gasteiger partial charge in [-0.15, -0.1) is 6.42 Å². The number of terminal acetylenes is 1. The van der Waals surface area contributed by atoms with E-state index < -0.39 is 158 Å². The number of phenolic OH excluding ortho intramolecular Hbond substituents is 1. The second-order valence-corrected chi connectivity index (χ2v) is 22.7. The average molecular weight is 1250 g/mol. The number of amides is 7. The van der Waals surface area contributed by atoms with Crippen LogP contribution in [0.1, 0.15) is 74.9 Å². The van der Waals surface area contributed by atoms with Crippen molar-refractivity contribution in [2.75, 3.05) is 53.2 Å². The van der Waals surface area contributed by atoms with Crippen molar-refractivity contribution >= 4 is 41.4 Å². The highest BCUT2D eigenvalue weighted by molar-refractivity contribution is 6.00. The summed E-state index contributed by atoms with van der Waals surface area (Å²) in [6, 6.07) is 14.8. The van der Waals surface area contributed by atoms with E-state index in [1.54, 1.807) is 12.1 Å². The van der Waals surface area contributed by atoms with Crippen LogP contribution in [0.2, 0.25) is 0 Å². The van der Waals surface area contributed by atoms with Gasteiger partial charge in [0.15, 0.2) is 0 Å². The number of ether oxygens (including phenoxy) is 3. The van der Waals surface area contributed by atoms with Gasteiger partial charge in [-0.2, -0.15) is 0 Å². The first-order valence-corrected chi connectivity index (χ1v) is 29.9. The first kappa shape index (κ1) is 69.4. The second-order valence-electron chi connectivity index (χ2n) is 22.7. The van der Waals surface area contributed by atoms with Crippen molar-refractivity contribution in [3.05, 3.63) is 108 Å². The Labute approximate surface area is 521 Å². The van der Waals surface area contributed by atoms with Crippen molar-refractivity contribution in [3.63, 3.8) is 0 Å². The molecule has 4 aromatic carbocycles. The van der Waals surface area contributed by atoms with Gasteiger partial charge in [-0.1, -0.05) is 86.3 Å². The molecule has 0 spiro atoms. The molecule has 14 N–H and O–H groups in total. The van der Waals surface area contributed by atoms with E-state index in [-0.39, 0.29) is 43.2 Å². The first-order valence-electron chi connectivity index (χ1n) is 29.9. The number of carbonyl (C=O) groups is 7. The molecule has 15 atom stereocenters. The number of carbonyl (C=O) groups excluding carboxylic acids is 7. The van der Waals surface area contributed by atoms with Gasteiger partial charge >= 0.3 is 0 Å². The number of hydrogen-bond donors (Lipinski definition) is 14. The first-order chi connectivity index (χ1) is 43.0. The molecule has 4 aromatic rings. The fraction of sp³-hybridized carbons (Fsp3) is 0.484. The van der Waals surface area contributed by atoms with Crippen LogP contribution in [0.15, 0.2) is 97.1 Å². The lowest BCUT2D eigenvalue weighted by Crippen LogP contribution is -2.64. The van der Waals surface area contributed by atoms with Crippen LogP contribution in [-0.4, -0.2) is 224 Å². The van der Waals surface area contributed by atoms with Gasteiger partial charge in [-0.05, 0) is 84.5 Å². The zero-order valence-corrected chi connectivity index (χ0v) is 50.5. The number of aliphatic hydroxyl groups is 7. The predicted molar refractivity (Wildman–Crippen MR) is 325 cm³/mol. The molecule has 15 unspecified atom stereocenters. The number of hydrogen-bond acceptors (Lipinski definition) is 19. The Balaban J connectivity index is 1.24. The summed E-state index contributed by atoms with van der Waals surface area (Å²) in [5, 5.41) is 106. The van der Waals surface area contributed by atoms with E-state index in [1.165, 1.54) is 31.4 Å². The molecule has 0 saturated carbocycles. The number of nitrogens with zero attached hydrogens (tertiary/aromatic N) is 2. The molecule has 7 rings (SSSR count). The number of unbranched alkanes of at least 4 members (excludes halogenated alkanes) is 2. The van der Waals surface area contributed by atoms with Crippen LogP contribution in [0.5, 0.6) is 11.5 Å². The Hall–Kier alpha value is -8.07. The summed E-state index contributed by atoms with van der Waals surface area (Å²) < 4.78 is 16.5. The van der Waals surface area contributed by atoms with E-state index in [4.69, 9.17) is 20.6 Å². The van der Waals surface area contributed by atoms with Crippen LogP contribution in [0, 0.1) is 18.3 Å². The second kappa shape index (κ2) is 32.6. The highest BCUT2D eigenvalue weighted by Gasteiger charge is 2.51. The summed E-state index contributed by atoms with van der Waals surface area (Å²) >= 11 is 0. The fourth-order valence-electron chi connectivity index (χ4n) is 10.9. The van der Waals surface area contributed by atoms with Crippen LogP contribution >= 0.6 is 0 Å². The standard InChI is InChI=1S/C64H82N8O18/c1-6-8-9-27-90-46-24-20-41(21-25-46)39-12-10-38(11-13-39)40-14-16-43(17-15-40)58(81)66-47-32-49(77)57(65-26-28-89-30-29-88-5)70-62(85)53-54(78)37(7-2)33-72(53)64(87)51(36(4)74)68-61(84)52(56(80)55(79)42-18-22-44(75)23-19-42)69-60(83)48-31-45(76)34-71(48)63(86)50(35(3)73)67-59(47)82/h2,10-25,35-37,45,47-57,65,73-80H,6,8-9,26-34H2,1,3-5H3,(H,66,81)(H,67,82)(H,68,84)(H,69,83)(H,70,85). The van der Waals surface area contributed by atoms with Gasteiger partial charge in [0.2, 0.25) is 35.4 Å². The van der Waals surface area contributed by atoms with Gasteiger partial charge in [-0.25, -0.2) is 0 Å². The molecule has 26 heteroatoms. The molecule has 3 fully saturated rings. The molecule has 486 valence electrons. The van der Waals surface area contributed by atoms with Crippen LogP contribution in [0.25, 0.3) is 22.3 Å². The third-order valence-corrected chi connectivity index (χ3v) is 16.1. The summed E-state index contributed by atoms with van der Waals surface area (Å²) in [5.41, 5.74) is 3.39. The van der Waals surface area contributed by atoms with Gasteiger partial charge in [0.05, 0.1) is 62.9 Å². The highest BCUT2D eigenvalue weighted by Crippen LogP contribution is 2.30. The van der Waals surface area contributed by atoms with Gasteiger partial charge in [0, 0.05) is 45.1 Å². The number of methoxy groups -OCH3 is 1. The van der Waals surface area contributed by atoms with Crippen molar-refractivity contribution in [1.82, 2.24) is 41.7 Å². The van der Waals surface area contributed by atoms with Crippen molar-refractivity contribution < 1.29 is 88.6 Å². The summed E-state index contributed by atoms with van der Waals surface area (Å²) in [6.45, 7) is 4.01. The number of nitrogens with one attached hydrogen (secondary N) is 6. The minimum atomic E-state index is -2.32. The van der Waals surface area contributed by atoms with E-state index in [9.17, 15) is 74.4 Å². The summed E-state index contributed by atoms with van der Waals surface area (Å²) in [5.74, 6) is -6.62. The normalized spacial score (nSPS) is 26.0. The lowest BCUT2D eigenvalue weighted by Gasteiger charge is -2.34. The van der Waals surface area contributed by atoms with Gasteiger partial charge in [0.25, 0.3) is 5.91 Å². The average Bonchev–Trinajstić information content (AvgIpc) is 1.69. The Morgan fingerprint density at radius 1 is 0.667 bits per heavy atom. The maximum absolute atomic E-state index is 14.8. The number of fused-ring (bicyclic) bond motifs is 2. The summed E-state index contributed by atoms with van der Waals surface area (Å²) in [6.07, 6.45) is -7.10. The lowest BCUT2D eigenvalue weighted by molar-refractivity contribution is -0.148. The Bertz CT molecular complexity index is 3110. The van der Waals surface area contributed by atoms with Gasteiger partial charge < -0.3 is 91.4 Å². The monoisotopic (exact) mass is 1250 g/mol. The molecule has 0 aliphatic carbocycles. The fourth-order valence-corrected chi connectivity index (χ4v) is 10.9. The molecule has 0 bridgehead atoms. The van der Waals surface area contributed by atoms with E-state index in [1.807, 2.05) is 48.5 Å². The molecule has 7 amide bonds. The molecule has 3 heterocycles. The molecule has 3 saturated heterocycles. The topological polar surface area (TPSA) is 388 Å². The molecular weight excluding hydrogens is 1170 g/mol. The predicted octanol–water partition coefficient (Wildman–Crippen LogP) is -1.05. The molecular formula is C64H82N8O18. The Kier molecular flexibility index (Phi) is 25.1. The molecule has 0 aromatic heterocycles. The Morgan fingerprint density at radius 2 is 1.23 bits per heavy atom. The van der Waals surface area contributed by atoms with Gasteiger partial charge in [0.1, 0.15) is 66.1 Å². The third-order valence-electron chi connectivity index (χ3n) is 16.1. The molecule has 26 nitrogen and oxygen atoms in total. The van der Waals surface area contributed by atoms with Crippen molar-refractivity contribution in [1.29, 1.82) is 0 Å². The van der Waals surface area contributed by atoms with Gasteiger partial charge in [-0.3, -0.25) is 38.9 Å². The van der Waals surface area contributed by atoms with E-state index in [0.29, 0.717) is 6.61 Å². The number of phenols is 1. The van der Waals surface area contributed by atoms with Crippen LogP contribution in [-0.2, 0) is 38.2 Å². The lowest BCUT2D eigenvalue weighted by atomic mass is 9.96. The number of rotatable bonds is 21. The van der Waals surface area contributed by atoms with Crippen molar-refractivity contribution in [3.8, 4) is 46.1 Å². The highest BCUT2D eigenvalue weighted by atomic mass is 16.5. The minimum absolute atomic E-state index is 0.0294.